The van der Waals surface area contributed by atoms with E-state index >= 15 is 0 Å². The number of hydrogen-bond donors (Lipinski definition) is 0. The smallest absolute Gasteiger partial charge is 0.168 e. The molecule has 3 nitrogen and oxygen atoms in total. The number of ketones is 1. The number of carbonyl (C=O) groups excluding carboxylic acids is 1. The highest BCUT2D eigenvalue weighted by Gasteiger charge is 2.64. The number of hydrogen-bond acceptors (Lipinski definition) is 3. The molecule has 28 heavy (non-hydrogen) atoms. The van der Waals surface area contributed by atoms with Gasteiger partial charge in [0.1, 0.15) is 0 Å². The number of carbonyl (C=O) groups is 1. The predicted molar refractivity (Wildman–Crippen MR) is 110 cm³/mol. The van der Waals surface area contributed by atoms with Crippen LogP contribution in [0.1, 0.15) is 90.9 Å². The van der Waals surface area contributed by atoms with E-state index in [1.54, 1.807) is 5.57 Å². The lowest BCUT2D eigenvalue weighted by Crippen LogP contribution is -2.59. The van der Waals surface area contributed by atoms with Gasteiger partial charge in [-0.15, -0.1) is 0 Å². The Bertz CT molecular complexity index is 741. The quantitative estimate of drug-likeness (QED) is 0.570. The molecule has 5 aliphatic rings. The molecule has 154 valence electrons. The van der Waals surface area contributed by atoms with E-state index < -0.39 is 0 Å². The molecule has 3 saturated carbocycles. The molecule has 0 aliphatic heterocycles. The van der Waals surface area contributed by atoms with Crippen LogP contribution in [0.25, 0.3) is 0 Å². The van der Waals surface area contributed by atoms with E-state index in [0.717, 1.165) is 25.7 Å². The highest BCUT2D eigenvalue weighted by molar-refractivity contribution is 5.92. The first-order valence-electron chi connectivity index (χ1n) is 11.6. The van der Waals surface area contributed by atoms with Crippen molar-refractivity contribution in [3.8, 4) is 0 Å². The van der Waals surface area contributed by atoms with Crippen LogP contribution in [0.15, 0.2) is 22.8 Å². The van der Waals surface area contributed by atoms with Crippen LogP contribution in [-0.4, -0.2) is 24.3 Å². The highest BCUT2D eigenvalue weighted by atomic mass is 16.7. The maximum Gasteiger partial charge on any atom is 0.168 e. The number of fused-ring (bicyclic) bond motifs is 4. The average molecular weight is 385 g/mol. The monoisotopic (exact) mass is 384 g/mol. The van der Waals surface area contributed by atoms with Gasteiger partial charge in [0.2, 0.25) is 0 Å². The summed E-state index contributed by atoms with van der Waals surface area (Å²) in [5, 5.41) is 0. The summed E-state index contributed by atoms with van der Waals surface area (Å²) in [7, 11) is 1.85. The molecule has 0 spiro atoms. The first-order valence-corrected chi connectivity index (χ1v) is 11.6. The van der Waals surface area contributed by atoms with Crippen molar-refractivity contribution in [1.29, 1.82) is 0 Å². The lowest BCUT2D eigenvalue weighted by Gasteiger charge is -2.58. The Morgan fingerprint density at radius 2 is 1.82 bits per heavy atom. The zero-order valence-corrected chi connectivity index (χ0v) is 17.9. The Morgan fingerprint density at radius 3 is 2.57 bits per heavy atom. The molecule has 3 heteroatoms. The van der Waals surface area contributed by atoms with E-state index in [1.165, 1.54) is 62.5 Å². The molecule has 3 unspecified atom stereocenters. The second-order valence-corrected chi connectivity index (χ2v) is 10.5. The summed E-state index contributed by atoms with van der Waals surface area (Å²) < 4.78 is 13.4. The molecule has 4 atom stereocenters. The van der Waals surface area contributed by atoms with Crippen molar-refractivity contribution >= 4 is 5.78 Å². The Kier molecular flexibility index (Phi) is 4.45. The SMILES string of the molecule is COC1(OC23CCC[C@]2(C)CCC2=C(C)C4=CC(=O)CCC4CC23)CCCC1. The first-order chi connectivity index (χ1) is 13.4. The molecule has 0 radical (unpaired) electrons. The minimum Gasteiger partial charge on any atom is -0.353 e. The van der Waals surface area contributed by atoms with Gasteiger partial charge in [-0.05, 0) is 93.3 Å². The predicted octanol–water partition coefficient (Wildman–Crippen LogP) is 5.88. The third-order valence-corrected chi connectivity index (χ3v) is 9.26. The summed E-state index contributed by atoms with van der Waals surface area (Å²) in [5.41, 5.74) is 4.53. The fourth-order valence-electron chi connectivity index (χ4n) is 7.64. The second-order valence-electron chi connectivity index (χ2n) is 10.5. The maximum atomic E-state index is 12.1. The van der Waals surface area contributed by atoms with Crippen LogP contribution in [0.2, 0.25) is 0 Å². The third-order valence-electron chi connectivity index (χ3n) is 9.26. The molecule has 0 amide bonds. The van der Waals surface area contributed by atoms with Crippen molar-refractivity contribution in [3.05, 3.63) is 22.8 Å². The molecule has 5 rings (SSSR count). The van der Waals surface area contributed by atoms with Crippen molar-refractivity contribution in [3.63, 3.8) is 0 Å². The van der Waals surface area contributed by atoms with Gasteiger partial charge in [0.15, 0.2) is 11.6 Å². The van der Waals surface area contributed by atoms with Crippen LogP contribution < -0.4 is 0 Å². The number of methoxy groups -OCH3 is 1. The normalized spacial score (nSPS) is 42.1. The number of rotatable bonds is 3. The van der Waals surface area contributed by atoms with Gasteiger partial charge in [-0.2, -0.15) is 0 Å². The summed E-state index contributed by atoms with van der Waals surface area (Å²) in [6.07, 6.45) is 15.5. The second kappa shape index (κ2) is 6.54. The van der Waals surface area contributed by atoms with Crippen molar-refractivity contribution in [2.24, 2.45) is 17.3 Å². The molecule has 0 N–H and O–H groups in total. The molecule has 0 aromatic heterocycles. The van der Waals surface area contributed by atoms with Crippen molar-refractivity contribution < 1.29 is 14.3 Å². The molecular formula is C25H36O3. The summed E-state index contributed by atoms with van der Waals surface area (Å²) in [4.78, 5) is 12.1. The zero-order valence-electron chi connectivity index (χ0n) is 17.9. The lowest BCUT2D eigenvalue weighted by molar-refractivity contribution is -0.313. The van der Waals surface area contributed by atoms with Crippen LogP contribution in [-0.2, 0) is 14.3 Å². The Morgan fingerprint density at radius 1 is 1.04 bits per heavy atom. The molecule has 0 aromatic rings. The van der Waals surface area contributed by atoms with Gasteiger partial charge in [-0.3, -0.25) is 4.79 Å². The number of allylic oxidation sites excluding steroid dienone is 3. The topological polar surface area (TPSA) is 35.5 Å². The third kappa shape index (κ3) is 2.58. The summed E-state index contributed by atoms with van der Waals surface area (Å²) in [6.45, 7) is 4.78. The highest BCUT2D eigenvalue weighted by Crippen LogP contribution is 2.66. The van der Waals surface area contributed by atoms with Gasteiger partial charge >= 0.3 is 0 Å². The largest absolute Gasteiger partial charge is 0.353 e. The fraction of sp³-hybridized carbons (Fsp3) is 0.800. The lowest BCUT2D eigenvalue weighted by atomic mass is 9.53. The van der Waals surface area contributed by atoms with E-state index in [0.29, 0.717) is 17.6 Å². The first kappa shape index (κ1) is 19.1. The molecule has 3 fully saturated rings. The number of ether oxygens (including phenoxy) is 2. The van der Waals surface area contributed by atoms with Crippen LogP contribution >= 0.6 is 0 Å². The Labute approximate surface area is 169 Å². The maximum absolute atomic E-state index is 12.1. The van der Waals surface area contributed by atoms with E-state index in [2.05, 4.69) is 13.8 Å². The molecular weight excluding hydrogens is 348 g/mol. The van der Waals surface area contributed by atoms with Gasteiger partial charge in [0.25, 0.3) is 0 Å². The van der Waals surface area contributed by atoms with Crippen molar-refractivity contribution in [2.45, 2.75) is 102 Å². The summed E-state index contributed by atoms with van der Waals surface area (Å²) in [5.74, 6) is 0.982. The van der Waals surface area contributed by atoms with Gasteiger partial charge < -0.3 is 9.47 Å². The molecule has 0 bridgehead atoms. The van der Waals surface area contributed by atoms with E-state index in [9.17, 15) is 4.79 Å². The fourth-order valence-corrected chi connectivity index (χ4v) is 7.64. The Balaban J connectivity index is 1.60. The molecule has 0 heterocycles. The molecule has 0 aromatic carbocycles. The van der Waals surface area contributed by atoms with Crippen molar-refractivity contribution in [1.82, 2.24) is 0 Å². The van der Waals surface area contributed by atoms with E-state index in [4.69, 9.17) is 9.47 Å². The Hall–Kier alpha value is -0.930. The molecule has 0 saturated heterocycles. The zero-order chi connectivity index (χ0) is 19.6. The van der Waals surface area contributed by atoms with Gasteiger partial charge in [0.05, 0.1) is 5.60 Å². The standard InChI is InChI=1S/C25H36O3/c1-17-20-9-14-23(2)10-6-13-25(23,28-24(27-3)11-4-5-12-24)22(20)15-18-7-8-19(26)16-21(17)18/h16,18,22H,4-15H2,1-3H3/t18?,22?,23-,25?/m1/s1. The molecule has 5 aliphatic carbocycles. The average Bonchev–Trinajstić information content (AvgIpc) is 3.28. The van der Waals surface area contributed by atoms with Crippen molar-refractivity contribution in [2.75, 3.05) is 7.11 Å². The van der Waals surface area contributed by atoms with Gasteiger partial charge in [-0.1, -0.05) is 12.5 Å². The minimum absolute atomic E-state index is 0.0881. The van der Waals surface area contributed by atoms with Crippen LogP contribution in [0, 0.1) is 17.3 Å². The van der Waals surface area contributed by atoms with E-state index in [1.807, 2.05) is 13.2 Å². The summed E-state index contributed by atoms with van der Waals surface area (Å²) in [6, 6.07) is 0. The van der Waals surface area contributed by atoms with Crippen LogP contribution in [0.5, 0.6) is 0 Å². The van der Waals surface area contributed by atoms with Gasteiger partial charge in [0, 0.05) is 32.3 Å². The minimum atomic E-state index is -0.374. The van der Waals surface area contributed by atoms with Crippen LogP contribution in [0.4, 0.5) is 0 Å². The summed E-state index contributed by atoms with van der Waals surface area (Å²) >= 11 is 0. The van der Waals surface area contributed by atoms with E-state index in [-0.39, 0.29) is 16.8 Å². The van der Waals surface area contributed by atoms with Crippen LogP contribution in [0.3, 0.4) is 0 Å². The van der Waals surface area contributed by atoms with Gasteiger partial charge in [-0.25, -0.2) is 0 Å².